The number of amides is 1. The number of ether oxygens (including phenoxy) is 2. The fourth-order valence-corrected chi connectivity index (χ4v) is 3.70. The minimum absolute atomic E-state index is 0.0357. The molecule has 0 aliphatic carbocycles. The molecular formula is C19H27ClN2O3. The number of piperidine rings is 1. The fourth-order valence-electron chi connectivity index (χ4n) is 3.41. The van der Waals surface area contributed by atoms with E-state index in [-0.39, 0.29) is 11.9 Å². The van der Waals surface area contributed by atoms with E-state index in [9.17, 15) is 4.79 Å². The largest absolute Gasteiger partial charge is 0.489 e. The first-order chi connectivity index (χ1) is 12.0. The predicted octanol–water partition coefficient (Wildman–Crippen LogP) is 3.03. The van der Waals surface area contributed by atoms with Gasteiger partial charge in [-0.05, 0) is 44.4 Å². The van der Waals surface area contributed by atoms with Crippen molar-refractivity contribution in [2.45, 2.75) is 51.6 Å². The van der Waals surface area contributed by atoms with Crippen molar-refractivity contribution in [1.82, 2.24) is 10.2 Å². The van der Waals surface area contributed by atoms with Gasteiger partial charge in [0.05, 0.1) is 24.7 Å². The lowest BCUT2D eigenvalue weighted by molar-refractivity contribution is -0.121. The zero-order valence-electron chi connectivity index (χ0n) is 15.0. The SMILES string of the molecule is CC(C)N1CCC(NC(=O)Cc2cc(Cl)c3c(c2)OCCCO3)CC1. The Morgan fingerprint density at radius 1 is 1.28 bits per heavy atom. The Morgan fingerprint density at radius 3 is 2.72 bits per heavy atom. The summed E-state index contributed by atoms with van der Waals surface area (Å²) in [6.07, 6.45) is 3.15. The highest BCUT2D eigenvalue weighted by Crippen LogP contribution is 2.38. The molecule has 1 fully saturated rings. The number of carbonyl (C=O) groups excluding carboxylic acids is 1. The highest BCUT2D eigenvalue weighted by molar-refractivity contribution is 6.32. The Kier molecular flexibility index (Phi) is 6.07. The van der Waals surface area contributed by atoms with Crippen molar-refractivity contribution in [3.8, 4) is 11.5 Å². The Balaban J connectivity index is 1.56. The number of hydrogen-bond acceptors (Lipinski definition) is 4. The van der Waals surface area contributed by atoms with E-state index in [4.69, 9.17) is 21.1 Å². The van der Waals surface area contributed by atoms with Crippen LogP contribution in [0.3, 0.4) is 0 Å². The highest BCUT2D eigenvalue weighted by Gasteiger charge is 2.22. The number of halogens is 1. The van der Waals surface area contributed by atoms with E-state index in [0.29, 0.717) is 42.2 Å². The molecule has 1 aromatic rings. The molecule has 0 aromatic heterocycles. The maximum Gasteiger partial charge on any atom is 0.224 e. The summed E-state index contributed by atoms with van der Waals surface area (Å²) < 4.78 is 11.3. The van der Waals surface area contributed by atoms with Crippen LogP contribution in [0.5, 0.6) is 11.5 Å². The summed E-state index contributed by atoms with van der Waals surface area (Å²) >= 11 is 6.30. The van der Waals surface area contributed by atoms with Gasteiger partial charge in [0.2, 0.25) is 5.91 Å². The lowest BCUT2D eigenvalue weighted by Crippen LogP contribution is -2.46. The van der Waals surface area contributed by atoms with E-state index in [1.807, 2.05) is 6.07 Å². The third-order valence-electron chi connectivity index (χ3n) is 4.85. The van der Waals surface area contributed by atoms with Gasteiger partial charge in [-0.3, -0.25) is 4.79 Å². The first-order valence-electron chi connectivity index (χ1n) is 9.14. The first kappa shape index (κ1) is 18.3. The van der Waals surface area contributed by atoms with E-state index in [0.717, 1.165) is 37.9 Å². The van der Waals surface area contributed by atoms with Gasteiger partial charge in [0, 0.05) is 31.6 Å². The molecule has 6 heteroatoms. The molecule has 138 valence electrons. The van der Waals surface area contributed by atoms with E-state index in [1.54, 1.807) is 6.07 Å². The number of nitrogens with one attached hydrogen (secondary N) is 1. The van der Waals surface area contributed by atoms with Crippen LogP contribution >= 0.6 is 11.6 Å². The third-order valence-corrected chi connectivity index (χ3v) is 5.13. The monoisotopic (exact) mass is 366 g/mol. The van der Waals surface area contributed by atoms with Crippen LogP contribution in [0.15, 0.2) is 12.1 Å². The summed E-state index contributed by atoms with van der Waals surface area (Å²) in [6.45, 7) is 7.71. The van der Waals surface area contributed by atoms with Crippen LogP contribution in [0.2, 0.25) is 5.02 Å². The minimum Gasteiger partial charge on any atom is -0.489 e. The maximum atomic E-state index is 12.4. The quantitative estimate of drug-likeness (QED) is 0.889. The highest BCUT2D eigenvalue weighted by atomic mass is 35.5. The number of nitrogens with zero attached hydrogens (tertiary/aromatic N) is 1. The van der Waals surface area contributed by atoms with Crippen LogP contribution in [0.25, 0.3) is 0 Å². The van der Waals surface area contributed by atoms with Gasteiger partial charge >= 0.3 is 0 Å². The third kappa shape index (κ3) is 4.79. The number of benzene rings is 1. The van der Waals surface area contributed by atoms with Crippen molar-refractivity contribution in [3.63, 3.8) is 0 Å². The smallest absolute Gasteiger partial charge is 0.224 e. The van der Waals surface area contributed by atoms with E-state index in [2.05, 4.69) is 24.1 Å². The van der Waals surface area contributed by atoms with Gasteiger partial charge in [0.1, 0.15) is 0 Å². The van der Waals surface area contributed by atoms with E-state index < -0.39 is 0 Å². The Hall–Kier alpha value is -1.46. The molecule has 2 aliphatic heterocycles. The molecule has 0 atom stereocenters. The summed E-state index contributed by atoms with van der Waals surface area (Å²) in [7, 11) is 0. The number of fused-ring (bicyclic) bond motifs is 1. The first-order valence-corrected chi connectivity index (χ1v) is 9.52. The van der Waals surface area contributed by atoms with Gasteiger partial charge in [-0.2, -0.15) is 0 Å². The van der Waals surface area contributed by atoms with Crippen molar-refractivity contribution in [2.24, 2.45) is 0 Å². The number of likely N-dealkylation sites (tertiary alicyclic amines) is 1. The van der Waals surface area contributed by atoms with Gasteiger partial charge in [0.15, 0.2) is 11.5 Å². The molecule has 2 heterocycles. The normalized spacial score (nSPS) is 18.9. The second-order valence-corrected chi connectivity index (χ2v) is 7.51. The Labute approximate surface area is 154 Å². The van der Waals surface area contributed by atoms with Gasteiger partial charge in [-0.1, -0.05) is 11.6 Å². The van der Waals surface area contributed by atoms with Crippen molar-refractivity contribution in [3.05, 3.63) is 22.7 Å². The standard InChI is InChI=1S/C19H27ClN2O3/c1-13(2)22-6-4-15(5-7-22)21-18(23)12-14-10-16(20)19-17(11-14)24-8-3-9-25-19/h10-11,13,15H,3-9,12H2,1-2H3,(H,21,23). The molecule has 1 aromatic carbocycles. The molecule has 5 nitrogen and oxygen atoms in total. The minimum atomic E-state index is 0.0357. The summed E-state index contributed by atoms with van der Waals surface area (Å²) in [5.74, 6) is 1.26. The van der Waals surface area contributed by atoms with Crippen LogP contribution in [0.1, 0.15) is 38.7 Å². The van der Waals surface area contributed by atoms with Crippen molar-refractivity contribution in [1.29, 1.82) is 0 Å². The van der Waals surface area contributed by atoms with Crippen LogP contribution in [-0.2, 0) is 11.2 Å². The van der Waals surface area contributed by atoms with Crippen LogP contribution in [0.4, 0.5) is 0 Å². The zero-order valence-corrected chi connectivity index (χ0v) is 15.8. The van der Waals surface area contributed by atoms with Crippen molar-refractivity contribution >= 4 is 17.5 Å². The fraction of sp³-hybridized carbons (Fsp3) is 0.632. The topological polar surface area (TPSA) is 50.8 Å². The van der Waals surface area contributed by atoms with Crippen LogP contribution in [-0.4, -0.2) is 49.2 Å². The molecule has 0 spiro atoms. The number of hydrogen-bond donors (Lipinski definition) is 1. The van der Waals surface area contributed by atoms with Gasteiger partial charge in [-0.15, -0.1) is 0 Å². The summed E-state index contributed by atoms with van der Waals surface area (Å²) in [6, 6.07) is 4.50. The molecule has 1 saturated heterocycles. The molecule has 1 amide bonds. The Bertz CT molecular complexity index is 613. The van der Waals surface area contributed by atoms with E-state index in [1.165, 1.54) is 0 Å². The molecule has 0 bridgehead atoms. The number of rotatable bonds is 4. The van der Waals surface area contributed by atoms with Gasteiger partial charge in [-0.25, -0.2) is 0 Å². The zero-order chi connectivity index (χ0) is 17.8. The average Bonchev–Trinajstić information content (AvgIpc) is 2.81. The molecule has 2 aliphatic rings. The maximum absolute atomic E-state index is 12.4. The van der Waals surface area contributed by atoms with Crippen molar-refractivity contribution < 1.29 is 14.3 Å². The Morgan fingerprint density at radius 2 is 2.00 bits per heavy atom. The molecular weight excluding hydrogens is 340 g/mol. The van der Waals surface area contributed by atoms with Crippen LogP contribution < -0.4 is 14.8 Å². The summed E-state index contributed by atoms with van der Waals surface area (Å²) in [5, 5.41) is 3.66. The number of carbonyl (C=O) groups is 1. The molecule has 3 rings (SSSR count). The molecule has 25 heavy (non-hydrogen) atoms. The molecule has 0 saturated carbocycles. The molecule has 0 radical (unpaired) electrons. The van der Waals surface area contributed by atoms with Crippen LogP contribution in [0, 0.1) is 0 Å². The van der Waals surface area contributed by atoms with Crippen molar-refractivity contribution in [2.75, 3.05) is 26.3 Å². The van der Waals surface area contributed by atoms with E-state index >= 15 is 0 Å². The summed E-state index contributed by atoms with van der Waals surface area (Å²) in [5.41, 5.74) is 0.853. The lowest BCUT2D eigenvalue weighted by Gasteiger charge is -2.34. The molecule has 0 unspecified atom stereocenters. The lowest BCUT2D eigenvalue weighted by atomic mass is 10.0. The predicted molar refractivity (Wildman–Crippen MR) is 98.6 cm³/mol. The van der Waals surface area contributed by atoms with Gasteiger partial charge < -0.3 is 19.7 Å². The average molecular weight is 367 g/mol. The second kappa shape index (κ2) is 8.28. The second-order valence-electron chi connectivity index (χ2n) is 7.10. The summed E-state index contributed by atoms with van der Waals surface area (Å²) in [4.78, 5) is 14.9. The van der Waals surface area contributed by atoms with Gasteiger partial charge in [0.25, 0.3) is 0 Å². The molecule has 1 N–H and O–H groups in total.